The number of benzene rings is 1. The van der Waals surface area contributed by atoms with E-state index in [9.17, 15) is 27.9 Å². The van der Waals surface area contributed by atoms with Gasteiger partial charge in [-0.05, 0) is 37.3 Å². The van der Waals surface area contributed by atoms with Crippen LogP contribution in [0.5, 0.6) is 0 Å². The molecule has 148 valence electrons. The first kappa shape index (κ1) is 19.7. The number of amides is 1. The maximum Gasteiger partial charge on any atom is 0.406 e. The van der Waals surface area contributed by atoms with Crippen molar-refractivity contribution in [2.24, 2.45) is 5.41 Å². The van der Waals surface area contributed by atoms with Gasteiger partial charge in [0.1, 0.15) is 0 Å². The van der Waals surface area contributed by atoms with Crippen LogP contribution in [0.3, 0.4) is 0 Å². The highest BCUT2D eigenvalue weighted by molar-refractivity contribution is 5.90. The van der Waals surface area contributed by atoms with E-state index in [-0.39, 0.29) is 6.54 Å². The van der Waals surface area contributed by atoms with Crippen LogP contribution in [-0.4, -0.2) is 54.4 Å². The molecule has 2 saturated heterocycles. The second-order valence-corrected chi connectivity index (χ2v) is 7.37. The Balaban J connectivity index is 1.97. The van der Waals surface area contributed by atoms with Gasteiger partial charge in [-0.1, -0.05) is 24.3 Å². The number of aliphatic carboxylic acids is 1. The average molecular weight is 385 g/mol. The molecule has 1 aromatic rings. The quantitative estimate of drug-likeness (QED) is 0.869. The molecule has 27 heavy (non-hydrogen) atoms. The zero-order valence-corrected chi connectivity index (χ0v) is 15.0. The van der Waals surface area contributed by atoms with Crippen molar-refractivity contribution < 1.29 is 32.6 Å². The molecule has 1 aromatic carbocycles. The minimum atomic E-state index is -4.92. The molecular weight excluding hydrogens is 363 g/mol. The number of rotatable bonds is 3. The monoisotopic (exact) mass is 385 g/mol. The van der Waals surface area contributed by atoms with Crippen molar-refractivity contribution in [3.05, 3.63) is 35.4 Å². The van der Waals surface area contributed by atoms with Gasteiger partial charge in [0.15, 0.2) is 5.41 Å². The molecule has 2 fully saturated rings. The molecule has 0 aliphatic carbocycles. The molecule has 2 heterocycles. The summed E-state index contributed by atoms with van der Waals surface area (Å²) in [6, 6.07) is 7.32. The summed E-state index contributed by atoms with van der Waals surface area (Å²) in [5.74, 6) is -2.37. The first-order valence-corrected chi connectivity index (χ1v) is 8.87. The number of likely N-dealkylation sites (tertiary alicyclic amines) is 1. The number of carbonyl (C=O) groups excluding carboxylic acids is 1. The Kier molecular flexibility index (Phi) is 4.96. The maximum absolute atomic E-state index is 13.5. The normalized spacial score (nSPS) is 25.4. The summed E-state index contributed by atoms with van der Waals surface area (Å²) in [6.07, 6.45) is -4.82. The molecule has 5 nitrogen and oxygen atoms in total. The van der Waals surface area contributed by atoms with Crippen LogP contribution < -0.4 is 0 Å². The van der Waals surface area contributed by atoms with Crippen molar-refractivity contribution in [3.8, 4) is 0 Å². The zero-order chi connectivity index (χ0) is 19.9. The largest absolute Gasteiger partial charge is 0.481 e. The van der Waals surface area contributed by atoms with Crippen molar-refractivity contribution in [2.75, 3.05) is 26.3 Å². The van der Waals surface area contributed by atoms with E-state index >= 15 is 0 Å². The molecule has 0 saturated carbocycles. The fourth-order valence-corrected chi connectivity index (χ4v) is 4.24. The van der Waals surface area contributed by atoms with Gasteiger partial charge in [0.25, 0.3) is 0 Å². The standard InChI is InChI=1S/C19H22F3NO4/c1-13-4-2-3-5-14(13)17(7-10-27-11-8-17)15(24)23-9-6-18(12-23,16(25)26)19(20,21)22/h2-5H,6-12H2,1H3,(H,25,26). The van der Waals surface area contributed by atoms with Crippen molar-refractivity contribution in [2.45, 2.75) is 37.8 Å². The highest BCUT2D eigenvalue weighted by Crippen LogP contribution is 2.48. The van der Waals surface area contributed by atoms with Gasteiger partial charge in [-0.25, -0.2) is 0 Å². The molecule has 2 aliphatic heterocycles. The number of hydrogen-bond acceptors (Lipinski definition) is 3. The first-order chi connectivity index (χ1) is 12.6. The summed E-state index contributed by atoms with van der Waals surface area (Å²) in [6.45, 7) is 1.45. The number of ether oxygens (including phenoxy) is 1. The molecule has 0 bridgehead atoms. The second-order valence-electron chi connectivity index (χ2n) is 7.37. The van der Waals surface area contributed by atoms with Gasteiger partial charge in [-0.2, -0.15) is 13.2 Å². The van der Waals surface area contributed by atoms with E-state index in [4.69, 9.17) is 4.74 Å². The van der Waals surface area contributed by atoms with Gasteiger partial charge in [0.2, 0.25) is 5.91 Å². The van der Waals surface area contributed by atoms with Crippen molar-refractivity contribution >= 4 is 11.9 Å². The van der Waals surface area contributed by atoms with E-state index in [1.54, 1.807) is 6.07 Å². The topological polar surface area (TPSA) is 66.8 Å². The third-order valence-electron chi connectivity index (χ3n) is 5.92. The van der Waals surface area contributed by atoms with E-state index in [0.29, 0.717) is 26.1 Å². The SMILES string of the molecule is Cc1ccccc1C1(C(=O)N2CCC(C(=O)O)(C(F)(F)F)C2)CCOCC1. The molecule has 1 unspecified atom stereocenters. The lowest BCUT2D eigenvalue weighted by molar-refractivity contribution is -0.227. The number of nitrogens with zero attached hydrogens (tertiary/aromatic N) is 1. The van der Waals surface area contributed by atoms with E-state index < -0.39 is 41.8 Å². The number of carboxylic acid groups (broad SMARTS) is 1. The molecule has 8 heteroatoms. The molecule has 1 atom stereocenters. The van der Waals surface area contributed by atoms with Crippen LogP contribution >= 0.6 is 0 Å². The van der Waals surface area contributed by atoms with Crippen molar-refractivity contribution in [1.82, 2.24) is 4.90 Å². The van der Waals surface area contributed by atoms with Crippen LogP contribution in [0, 0.1) is 12.3 Å². The fraction of sp³-hybridized carbons (Fsp3) is 0.579. The van der Waals surface area contributed by atoms with Gasteiger partial charge in [0.05, 0.1) is 5.41 Å². The highest BCUT2D eigenvalue weighted by Gasteiger charge is 2.65. The highest BCUT2D eigenvalue weighted by atomic mass is 19.4. The summed E-state index contributed by atoms with van der Waals surface area (Å²) >= 11 is 0. The maximum atomic E-state index is 13.5. The Morgan fingerprint density at radius 3 is 2.30 bits per heavy atom. The Morgan fingerprint density at radius 1 is 1.15 bits per heavy atom. The second kappa shape index (κ2) is 6.82. The Morgan fingerprint density at radius 2 is 1.78 bits per heavy atom. The van der Waals surface area contributed by atoms with Gasteiger partial charge in [-0.3, -0.25) is 9.59 Å². The summed E-state index contributed by atoms with van der Waals surface area (Å²) in [4.78, 5) is 25.9. The zero-order valence-electron chi connectivity index (χ0n) is 15.0. The summed E-state index contributed by atoms with van der Waals surface area (Å²) in [7, 11) is 0. The minimum absolute atomic E-state index is 0.223. The lowest BCUT2D eigenvalue weighted by Gasteiger charge is -2.40. The van der Waals surface area contributed by atoms with E-state index in [2.05, 4.69) is 0 Å². The summed E-state index contributed by atoms with van der Waals surface area (Å²) < 4.78 is 45.9. The number of carbonyl (C=O) groups is 2. The molecule has 0 spiro atoms. The van der Waals surface area contributed by atoms with E-state index in [1.165, 1.54) is 0 Å². The Labute approximate surface area is 155 Å². The smallest absolute Gasteiger partial charge is 0.406 e. The van der Waals surface area contributed by atoms with Gasteiger partial charge in [-0.15, -0.1) is 0 Å². The summed E-state index contributed by atoms with van der Waals surface area (Å²) in [5, 5.41) is 9.26. The molecular formula is C19H22F3NO4. The van der Waals surface area contributed by atoms with Gasteiger partial charge < -0.3 is 14.7 Å². The third kappa shape index (κ3) is 3.09. The molecule has 0 radical (unpaired) electrons. The Hall–Kier alpha value is -2.09. The molecule has 3 rings (SSSR count). The summed E-state index contributed by atoms with van der Waals surface area (Å²) in [5.41, 5.74) is -2.23. The predicted molar refractivity (Wildman–Crippen MR) is 90.2 cm³/mol. The van der Waals surface area contributed by atoms with Crippen LogP contribution in [-0.2, 0) is 19.7 Å². The molecule has 1 N–H and O–H groups in total. The number of alkyl halides is 3. The number of aryl methyl sites for hydroxylation is 1. The minimum Gasteiger partial charge on any atom is -0.481 e. The fourth-order valence-electron chi connectivity index (χ4n) is 4.24. The predicted octanol–water partition coefficient (Wildman–Crippen LogP) is 2.91. The first-order valence-electron chi connectivity index (χ1n) is 8.87. The van der Waals surface area contributed by atoms with Gasteiger partial charge in [0, 0.05) is 26.3 Å². The number of hydrogen-bond donors (Lipinski definition) is 1. The van der Waals surface area contributed by atoms with E-state index in [0.717, 1.165) is 16.0 Å². The van der Waals surface area contributed by atoms with Crippen LogP contribution in [0.4, 0.5) is 13.2 Å². The lowest BCUT2D eigenvalue weighted by Crippen LogP contribution is -2.52. The molecule has 0 aromatic heterocycles. The third-order valence-corrected chi connectivity index (χ3v) is 5.92. The molecule has 1 amide bonds. The Bertz CT molecular complexity index is 743. The van der Waals surface area contributed by atoms with Crippen LogP contribution in [0.25, 0.3) is 0 Å². The van der Waals surface area contributed by atoms with Crippen LogP contribution in [0.2, 0.25) is 0 Å². The van der Waals surface area contributed by atoms with Gasteiger partial charge >= 0.3 is 12.1 Å². The lowest BCUT2D eigenvalue weighted by atomic mass is 9.71. The van der Waals surface area contributed by atoms with E-state index in [1.807, 2.05) is 25.1 Å². The average Bonchev–Trinajstić information content (AvgIpc) is 3.09. The van der Waals surface area contributed by atoms with Crippen LogP contribution in [0.15, 0.2) is 24.3 Å². The van der Waals surface area contributed by atoms with Crippen molar-refractivity contribution in [3.63, 3.8) is 0 Å². The van der Waals surface area contributed by atoms with Crippen molar-refractivity contribution in [1.29, 1.82) is 0 Å². The van der Waals surface area contributed by atoms with Crippen LogP contribution in [0.1, 0.15) is 30.4 Å². The number of halogens is 3. The number of carboxylic acids is 1. The molecule has 2 aliphatic rings.